The molecular weight excluding hydrogens is 190 g/mol. The Morgan fingerprint density at radius 1 is 1.40 bits per heavy atom. The first kappa shape index (κ1) is 12.9. The van der Waals surface area contributed by atoms with E-state index in [2.05, 4.69) is 0 Å². The lowest BCUT2D eigenvalue weighted by molar-refractivity contribution is -0.0244. The Balaban J connectivity index is 3.28. The zero-order valence-corrected chi connectivity index (χ0v) is 10.2. The molecule has 0 saturated heterocycles. The van der Waals surface area contributed by atoms with Gasteiger partial charge in [-0.3, -0.25) is 0 Å². The highest BCUT2D eigenvalue weighted by molar-refractivity contribution is 5.24. The zero-order valence-electron chi connectivity index (χ0n) is 10.2. The molecule has 1 saturated carbocycles. The van der Waals surface area contributed by atoms with Crippen LogP contribution in [0.15, 0.2) is 0 Å². The molecule has 5 atom stereocenters. The van der Waals surface area contributed by atoms with Crippen LogP contribution in [0.25, 0.3) is 0 Å². The first-order valence-electron chi connectivity index (χ1n) is 5.65. The second-order valence-corrected chi connectivity index (χ2v) is 5.50. The monoisotopic (exact) mass is 215 g/mol. The highest BCUT2D eigenvalue weighted by Crippen LogP contribution is 2.52. The lowest BCUT2D eigenvalue weighted by atomic mass is 9.63. The van der Waals surface area contributed by atoms with Gasteiger partial charge in [-0.05, 0) is 33.6 Å². The molecule has 0 bridgehead atoms. The lowest BCUT2D eigenvalue weighted by Crippen LogP contribution is -2.69. The number of aliphatic hydroxyl groups excluding tert-OH is 1. The third-order valence-electron chi connectivity index (χ3n) is 4.79. The predicted molar refractivity (Wildman–Crippen MR) is 62.2 cm³/mol. The molecule has 7 N–H and O–H groups in total. The van der Waals surface area contributed by atoms with Crippen molar-refractivity contribution in [3.63, 3.8) is 0 Å². The van der Waals surface area contributed by atoms with Gasteiger partial charge in [-0.2, -0.15) is 0 Å². The Morgan fingerprint density at radius 3 is 2.00 bits per heavy atom. The van der Waals surface area contributed by atoms with Crippen molar-refractivity contribution >= 4 is 0 Å². The van der Waals surface area contributed by atoms with Gasteiger partial charge in [0.1, 0.15) is 0 Å². The first-order valence-corrected chi connectivity index (χ1v) is 5.65. The molecule has 0 amide bonds. The minimum atomic E-state index is -0.650. The van der Waals surface area contributed by atoms with Crippen LogP contribution >= 0.6 is 0 Å². The molecule has 1 aliphatic carbocycles. The van der Waals surface area contributed by atoms with Crippen molar-refractivity contribution in [2.45, 2.75) is 63.8 Å². The predicted octanol–water partition coefficient (Wildman–Crippen LogP) is -0.0706. The fourth-order valence-electron chi connectivity index (χ4n) is 3.44. The van der Waals surface area contributed by atoms with Crippen LogP contribution in [0, 0.1) is 5.41 Å². The van der Waals surface area contributed by atoms with Gasteiger partial charge in [-0.15, -0.1) is 0 Å². The van der Waals surface area contributed by atoms with Gasteiger partial charge in [0.15, 0.2) is 0 Å². The summed E-state index contributed by atoms with van der Waals surface area (Å²) in [7, 11) is 0. The van der Waals surface area contributed by atoms with Gasteiger partial charge in [0.25, 0.3) is 0 Å². The maximum absolute atomic E-state index is 10.0. The summed E-state index contributed by atoms with van der Waals surface area (Å²) in [5, 5.41) is 10.0. The van der Waals surface area contributed by atoms with E-state index in [9.17, 15) is 5.11 Å². The van der Waals surface area contributed by atoms with Crippen LogP contribution in [0.4, 0.5) is 0 Å². The fraction of sp³-hybridized carbons (Fsp3) is 1.00. The molecule has 1 fully saturated rings. The molecule has 0 aliphatic heterocycles. The SMILES string of the molecule is CC[C@]1([C@@H](C)O)C(N)CC(C)(N)C1(C)N. The smallest absolute Gasteiger partial charge is 0.0601 e. The summed E-state index contributed by atoms with van der Waals surface area (Å²) in [5.41, 5.74) is 17.1. The molecule has 1 rings (SSSR count). The minimum absolute atomic E-state index is 0.146. The molecule has 0 radical (unpaired) electrons. The van der Waals surface area contributed by atoms with E-state index in [-0.39, 0.29) is 6.04 Å². The van der Waals surface area contributed by atoms with Crippen LogP contribution in [0.2, 0.25) is 0 Å². The highest BCUT2D eigenvalue weighted by Gasteiger charge is 2.64. The second kappa shape index (κ2) is 3.42. The summed E-state index contributed by atoms with van der Waals surface area (Å²) in [4.78, 5) is 0. The Hall–Kier alpha value is -0.160. The summed E-state index contributed by atoms with van der Waals surface area (Å²) < 4.78 is 0. The first-order chi connectivity index (χ1) is 6.63. The van der Waals surface area contributed by atoms with E-state index in [0.29, 0.717) is 6.42 Å². The van der Waals surface area contributed by atoms with Crippen molar-refractivity contribution in [3.8, 4) is 0 Å². The van der Waals surface area contributed by atoms with Crippen molar-refractivity contribution < 1.29 is 5.11 Å². The van der Waals surface area contributed by atoms with Crippen LogP contribution in [0.1, 0.15) is 40.5 Å². The molecule has 3 unspecified atom stereocenters. The topological polar surface area (TPSA) is 98.3 Å². The standard InChI is InChI=1S/C11H25N3O/c1-5-11(7(2)15)8(12)6-9(3,13)10(11,4)14/h7-8,15H,5-6,12-14H2,1-4H3/t7-,8?,9?,10?,11+/m1/s1. The fourth-order valence-corrected chi connectivity index (χ4v) is 3.44. The third kappa shape index (κ3) is 1.35. The van der Waals surface area contributed by atoms with Gasteiger partial charge in [-0.1, -0.05) is 6.92 Å². The van der Waals surface area contributed by atoms with Gasteiger partial charge in [-0.25, -0.2) is 0 Å². The quantitative estimate of drug-likeness (QED) is 0.518. The second-order valence-electron chi connectivity index (χ2n) is 5.50. The number of hydrogen-bond acceptors (Lipinski definition) is 4. The number of hydrogen-bond donors (Lipinski definition) is 4. The van der Waals surface area contributed by atoms with Crippen molar-refractivity contribution in [2.24, 2.45) is 22.6 Å². The van der Waals surface area contributed by atoms with Gasteiger partial charge < -0.3 is 22.3 Å². The van der Waals surface area contributed by atoms with Crippen molar-refractivity contribution in [1.29, 1.82) is 0 Å². The Kier molecular flexibility index (Phi) is 2.94. The third-order valence-corrected chi connectivity index (χ3v) is 4.79. The molecule has 4 heteroatoms. The van der Waals surface area contributed by atoms with E-state index in [1.165, 1.54) is 0 Å². The normalized spacial score (nSPS) is 53.2. The molecule has 0 spiro atoms. The summed E-state index contributed by atoms with van der Waals surface area (Å²) >= 11 is 0. The average molecular weight is 215 g/mol. The summed E-state index contributed by atoms with van der Waals surface area (Å²) in [6.45, 7) is 7.61. The van der Waals surface area contributed by atoms with E-state index >= 15 is 0 Å². The Morgan fingerprint density at radius 2 is 1.87 bits per heavy atom. The lowest BCUT2D eigenvalue weighted by Gasteiger charge is -2.49. The molecule has 15 heavy (non-hydrogen) atoms. The highest BCUT2D eigenvalue weighted by atomic mass is 16.3. The van der Waals surface area contributed by atoms with Gasteiger partial charge in [0.05, 0.1) is 6.10 Å². The molecule has 0 heterocycles. The van der Waals surface area contributed by atoms with E-state index in [4.69, 9.17) is 17.2 Å². The minimum Gasteiger partial charge on any atom is -0.393 e. The maximum Gasteiger partial charge on any atom is 0.0601 e. The van der Waals surface area contributed by atoms with Gasteiger partial charge >= 0.3 is 0 Å². The molecule has 4 nitrogen and oxygen atoms in total. The van der Waals surface area contributed by atoms with E-state index in [1.807, 2.05) is 20.8 Å². The van der Waals surface area contributed by atoms with E-state index in [0.717, 1.165) is 6.42 Å². The van der Waals surface area contributed by atoms with Crippen LogP contribution in [0.5, 0.6) is 0 Å². The van der Waals surface area contributed by atoms with Gasteiger partial charge in [0, 0.05) is 22.5 Å². The molecular formula is C11H25N3O. The molecule has 0 aromatic carbocycles. The van der Waals surface area contributed by atoms with E-state index in [1.54, 1.807) is 6.92 Å². The molecule has 90 valence electrons. The molecule has 0 aromatic heterocycles. The van der Waals surface area contributed by atoms with Crippen molar-refractivity contribution in [2.75, 3.05) is 0 Å². The average Bonchev–Trinajstić information content (AvgIpc) is 2.15. The number of rotatable bonds is 2. The van der Waals surface area contributed by atoms with Crippen LogP contribution in [-0.4, -0.2) is 28.3 Å². The molecule has 1 aliphatic rings. The maximum atomic E-state index is 10.0. The number of nitrogens with two attached hydrogens (primary N) is 3. The van der Waals surface area contributed by atoms with Crippen molar-refractivity contribution in [1.82, 2.24) is 0 Å². The van der Waals surface area contributed by atoms with E-state index < -0.39 is 22.6 Å². The van der Waals surface area contributed by atoms with Gasteiger partial charge in [0.2, 0.25) is 0 Å². The van der Waals surface area contributed by atoms with Crippen LogP contribution in [0.3, 0.4) is 0 Å². The zero-order chi connectivity index (χ0) is 12.1. The number of aliphatic hydroxyl groups is 1. The summed E-state index contributed by atoms with van der Waals surface area (Å²) in [6, 6.07) is -0.146. The van der Waals surface area contributed by atoms with Crippen LogP contribution in [-0.2, 0) is 0 Å². The van der Waals surface area contributed by atoms with Crippen molar-refractivity contribution in [3.05, 3.63) is 0 Å². The Labute approximate surface area is 92.2 Å². The van der Waals surface area contributed by atoms with Crippen LogP contribution < -0.4 is 17.2 Å². The summed E-state index contributed by atoms with van der Waals surface area (Å²) in [5.74, 6) is 0. The summed E-state index contributed by atoms with van der Waals surface area (Å²) in [6.07, 6.45) is 0.850. The largest absolute Gasteiger partial charge is 0.393 e. The molecule has 0 aromatic rings. The Bertz CT molecular complexity index is 250.